The minimum Gasteiger partial charge on any atom is -0.494 e. The van der Waals surface area contributed by atoms with E-state index >= 15 is 0 Å². The molecule has 2 unspecified atom stereocenters. The van der Waals surface area contributed by atoms with Crippen molar-refractivity contribution in [3.8, 4) is 5.75 Å². The Balaban J connectivity index is 1.75. The summed E-state index contributed by atoms with van der Waals surface area (Å²) in [7, 11) is 0. The average molecular weight is 269 g/mol. The summed E-state index contributed by atoms with van der Waals surface area (Å²) in [5, 5.41) is 0. The van der Waals surface area contributed by atoms with Crippen molar-refractivity contribution in [1.29, 1.82) is 0 Å². The Kier molecular flexibility index (Phi) is 4.90. The molecule has 3 heteroatoms. The topological polar surface area (TPSA) is 18.5 Å². The first-order valence-electron chi connectivity index (χ1n) is 6.62. The fraction of sp³-hybridized carbons (Fsp3) is 0.600. The number of ether oxygens (including phenoxy) is 2. The Labute approximate surface area is 114 Å². The van der Waals surface area contributed by atoms with Gasteiger partial charge in [0.25, 0.3) is 0 Å². The second-order valence-electron chi connectivity index (χ2n) is 5.02. The maximum absolute atomic E-state index is 6.13. The van der Waals surface area contributed by atoms with E-state index in [9.17, 15) is 0 Å². The summed E-state index contributed by atoms with van der Waals surface area (Å²) < 4.78 is 11.4. The molecule has 0 amide bonds. The van der Waals surface area contributed by atoms with Gasteiger partial charge in [-0.1, -0.05) is 18.2 Å². The molecule has 0 aromatic heterocycles. The van der Waals surface area contributed by atoms with Gasteiger partial charge >= 0.3 is 0 Å². The van der Waals surface area contributed by atoms with Crippen LogP contribution in [0, 0.1) is 5.41 Å². The molecule has 1 aromatic rings. The predicted molar refractivity (Wildman–Crippen MR) is 74.4 cm³/mol. The Morgan fingerprint density at radius 3 is 2.78 bits per heavy atom. The van der Waals surface area contributed by atoms with Crippen LogP contribution in [-0.4, -0.2) is 25.2 Å². The van der Waals surface area contributed by atoms with Crippen molar-refractivity contribution in [2.45, 2.75) is 32.3 Å². The number of hydrogen-bond acceptors (Lipinski definition) is 2. The van der Waals surface area contributed by atoms with E-state index in [1.54, 1.807) is 0 Å². The van der Waals surface area contributed by atoms with Gasteiger partial charge in [0.05, 0.1) is 12.7 Å². The van der Waals surface area contributed by atoms with Crippen LogP contribution in [0.5, 0.6) is 5.75 Å². The highest BCUT2D eigenvalue weighted by molar-refractivity contribution is 6.18. The van der Waals surface area contributed by atoms with Crippen molar-refractivity contribution in [2.75, 3.05) is 19.1 Å². The summed E-state index contributed by atoms with van der Waals surface area (Å²) >= 11 is 6.13. The van der Waals surface area contributed by atoms with Crippen molar-refractivity contribution < 1.29 is 9.47 Å². The van der Waals surface area contributed by atoms with Gasteiger partial charge in [-0.15, -0.1) is 11.6 Å². The molecule has 1 aromatic carbocycles. The second-order valence-corrected chi connectivity index (χ2v) is 5.29. The zero-order chi connectivity index (χ0) is 12.8. The van der Waals surface area contributed by atoms with Crippen molar-refractivity contribution in [3.05, 3.63) is 30.3 Å². The molecule has 1 aliphatic heterocycles. The van der Waals surface area contributed by atoms with E-state index in [0.717, 1.165) is 38.2 Å². The molecule has 1 fully saturated rings. The third kappa shape index (κ3) is 3.18. The van der Waals surface area contributed by atoms with Gasteiger partial charge in [0, 0.05) is 17.9 Å². The van der Waals surface area contributed by atoms with Gasteiger partial charge in [-0.25, -0.2) is 0 Å². The maximum atomic E-state index is 6.13. The van der Waals surface area contributed by atoms with Gasteiger partial charge in [-0.2, -0.15) is 0 Å². The monoisotopic (exact) mass is 268 g/mol. The number of benzene rings is 1. The Hall–Kier alpha value is -0.730. The summed E-state index contributed by atoms with van der Waals surface area (Å²) in [5.41, 5.74) is 0.154. The molecule has 2 rings (SSSR count). The molecular formula is C15H21ClO2. The first-order chi connectivity index (χ1) is 8.77. The summed E-state index contributed by atoms with van der Waals surface area (Å²) in [4.78, 5) is 0. The molecule has 0 spiro atoms. The lowest BCUT2D eigenvalue weighted by Gasteiger charge is -2.29. The van der Waals surface area contributed by atoms with Crippen molar-refractivity contribution in [2.24, 2.45) is 5.41 Å². The van der Waals surface area contributed by atoms with Crippen LogP contribution in [0.15, 0.2) is 30.3 Å². The van der Waals surface area contributed by atoms with Crippen LogP contribution in [0.1, 0.15) is 26.2 Å². The van der Waals surface area contributed by atoms with Crippen LogP contribution in [0.2, 0.25) is 0 Å². The predicted octanol–water partition coefficient (Wildman–Crippen LogP) is 3.88. The van der Waals surface area contributed by atoms with E-state index in [2.05, 4.69) is 6.92 Å². The lowest BCUT2D eigenvalue weighted by Crippen LogP contribution is -2.31. The van der Waals surface area contributed by atoms with Crippen molar-refractivity contribution >= 4 is 11.6 Å². The molecule has 0 aliphatic carbocycles. The molecule has 1 heterocycles. The highest BCUT2D eigenvalue weighted by Crippen LogP contribution is 2.40. The highest BCUT2D eigenvalue weighted by atomic mass is 35.5. The van der Waals surface area contributed by atoms with E-state index in [1.807, 2.05) is 30.3 Å². The van der Waals surface area contributed by atoms with Gasteiger partial charge in [0.1, 0.15) is 5.75 Å². The number of hydrogen-bond donors (Lipinski definition) is 0. The number of alkyl halides is 1. The molecular weight excluding hydrogens is 248 g/mol. The fourth-order valence-electron chi connectivity index (χ4n) is 2.52. The third-order valence-corrected chi connectivity index (χ3v) is 4.46. The first-order valence-corrected chi connectivity index (χ1v) is 7.16. The zero-order valence-electron chi connectivity index (χ0n) is 10.9. The molecule has 100 valence electrons. The van der Waals surface area contributed by atoms with Crippen molar-refractivity contribution in [1.82, 2.24) is 0 Å². The summed E-state index contributed by atoms with van der Waals surface area (Å²) in [6.45, 7) is 3.72. The number of halogens is 1. The van der Waals surface area contributed by atoms with Gasteiger partial charge < -0.3 is 9.47 Å². The van der Waals surface area contributed by atoms with Gasteiger partial charge in [0.2, 0.25) is 0 Å². The van der Waals surface area contributed by atoms with Crippen LogP contribution in [0.25, 0.3) is 0 Å². The number of para-hydroxylation sites is 1. The van der Waals surface area contributed by atoms with Gasteiger partial charge in [0.15, 0.2) is 0 Å². The number of rotatable bonds is 6. The first kappa shape index (κ1) is 13.7. The van der Waals surface area contributed by atoms with Gasteiger partial charge in [-0.3, -0.25) is 0 Å². The summed E-state index contributed by atoms with van der Waals surface area (Å²) in [6.07, 6.45) is 3.44. The largest absolute Gasteiger partial charge is 0.494 e. The Bertz CT molecular complexity index is 355. The van der Waals surface area contributed by atoms with Crippen LogP contribution < -0.4 is 4.74 Å². The Morgan fingerprint density at radius 1 is 1.39 bits per heavy atom. The molecule has 1 saturated heterocycles. The average Bonchev–Trinajstić information content (AvgIpc) is 2.78. The molecule has 18 heavy (non-hydrogen) atoms. The molecule has 0 saturated carbocycles. The molecule has 1 aliphatic rings. The van der Waals surface area contributed by atoms with Gasteiger partial charge in [-0.05, 0) is 38.3 Å². The molecule has 0 bridgehead atoms. The van der Waals surface area contributed by atoms with Crippen molar-refractivity contribution in [3.63, 3.8) is 0 Å². The lowest BCUT2D eigenvalue weighted by molar-refractivity contribution is 0.0665. The van der Waals surface area contributed by atoms with E-state index < -0.39 is 0 Å². The fourth-order valence-corrected chi connectivity index (χ4v) is 3.01. The van der Waals surface area contributed by atoms with Crippen LogP contribution >= 0.6 is 11.6 Å². The zero-order valence-corrected chi connectivity index (χ0v) is 11.7. The maximum Gasteiger partial charge on any atom is 0.119 e. The second kappa shape index (κ2) is 6.44. The van der Waals surface area contributed by atoms with E-state index in [4.69, 9.17) is 21.1 Å². The Morgan fingerprint density at radius 2 is 2.17 bits per heavy atom. The van der Waals surface area contributed by atoms with E-state index in [0.29, 0.717) is 5.88 Å². The minimum absolute atomic E-state index is 0.154. The summed E-state index contributed by atoms with van der Waals surface area (Å²) in [5.74, 6) is 1.62. The smallest absolute Gasteiger partial charge is 0.119 e. The molecule has 0 radical (unpaired) electrons. The molecule has 2 nitrogen and oxygen atoms in total. The van der Waals surface area contributed by atoms with E-state index in [-0.39, 0.29) is 11.5 Å². The van der Waals surface area contributed by atoms with Crippen LogP contribution in [0.4, 0.5) is 0 Å². The molecule has 2 atom stereocenters. The normalized spacial score (nSPS) is 27.3. The standard InChI is InChI=1S/C15H21ClO2/c1-13-15(12-16,9-11-17-13)8-5-10-18-14-6-3-2-4-7-14/h2-4,6-7,13H,5,8-12H2,1H3. The SMILES string of the molecule is CC1OCCC1(CCl)CCCOc1ccccc1. The van der Waals surface area contributed by atoms with Crippen LogP contribution in [-0.2, 0) is 4.74 Å². The lowest BCUT2D eigenvalue weighted by atomic mass is 9.79. The molecule has 0 N–H and O–H groups in total. The summed E-state index contributed by atoms with van der Waals surface area (Å²) in [6, 6.07) is 9.94. The quantitative estimate of drug-likeness (QED) is 0.576. The van der Waals surface area contributed by atoms with E-state index in [1.165, 1.54) is 0 Å². The minimum atomic E-state index is 0.154. The third-order valence-electron chi connectivity index (χ3n) is 3.93. The highest BCUT2D eigenvalue weighted by Gasteiger charge is 2.40. The van der Waals surface area contributed by atoms with Crippen LogP contribution in [0.3, 0.4) is 0 Å².